The minimum Gasteiger partial charge on any atom is -0.487 e. The van der Waals surface area contributed by atoms with Gasteiger partial charge in [-0.05, 0) is 56.1 Å². The Labute approximate surface area is 174 Å². The third-order valence-electron chi connectivity index (χ3n) is 4.60. The summed E-state index contributed by atoms with van der Waals surface area (Å²) < 4.78 is 22.8. The predicted molar refractivity (Wildman–Crippen MR) is 108 cm³/mol. The molecule has 0 atom stereocenters. The van der Waals surface area contributed by atoms with Gasteiger partial charge in [-0.25, -0.2) is 9.18 Å². The van der Waals surface area contributed by atoms with Crippen molar-refractivity contribution in [2.45, 2.75) is 12.8 Å². The van der Waals surface area contributed by atoms with E-state index < -0.39 is 19.3 Å². The molecule has 1 aromatic carbocycles. The van der Waals surface area contributed by atoms with Crippen LogP contribution >= 0.6 is 0 Å². The molecular formula is C21H27FN2O6. The fourth-order valence-corrected chi connectivity index (χ4v) is 2.97. The Morgan fingerprint density at radius 2 is 1.97 bits per heavy atom. The fraction of sp³-hybridized carbons (Fsp3) is 0.476. The van der Waals surface area contributed by atoms with Gasteiger partial charge in [0.1, 0.15) is 13.3 Å². The van der Waals surface area contributed by atoms with Crippen LogP contribution in [0.25, 0.3) is 0 Å². The highest BCUT2D eigenvalue weighted by atomic mass is 19.1. The van der Waals surface area contributed by atoms with E-state index in [0.717, 1.165) is 25.9 Å². The van der Waals surface area contributed by atoms with Crippen molar-refractivity contribution in [2.24, 2.45) is 5.92 Å². The molecule has 0 aliphatic carbocycles. The van der Waals surface area contributed by atoms with E-state index in [4.69, 9.17) is 14.6 Å². The number of Topliss-reactive ketones (excluding diaryl/α,β-unsaturated/α-hetero) is 1. The number of halogens is 1. The van der Waals surface area contributed by atoms with Crippen LogP contribution in [0.1, 0.15) is 23.2 Å². The molecule has 0 bridgehead atoms. The summed E-state index contributed by atoms with van der Waals surface area (Å²) in [6, 6.07) is 4.20. The predicted octanol–water partition coefficient (Wildman–Crippen LogP) is 1.70. The zero-order valence-electron chi connectivity index (χ0n) is 16.9. The highest BCUT2D eigenvalue weighted by Gasteiger charge is 2.17. The molecule has 1 amide bonds. The summed E-state index contributed by atoms with van der Waals surface area (Å²) in [6.45, 7) is 0.0956. The molecule has 1 fully saturated rings. The van der Waals surface area contributed by atoms with Gasteiger partial charge in [0.05, 0.1) is 6.54 Å². The van der Waals surface area contributed by atoms with E-state index in [1.807, 2.05) is 6.08 Å². The molecule has 0 saturated carbocycles. The summed E-state index contributed by atoms with van der Waals surface area (Å²) in [5.41, 5.74) is 0.244. The van der Waals surface area contributed by atoms with Gasteiger partial charge in [-0.2, -0.15) is 0 Å². The van der Waals surface area contributed by atoms with Gasteiger partial charge in [0.2, 0.25) is 5.91 Å². The molecule has 1 heterocycles. The second-order valence-corrected chi connectivity index (χ2v) is 6.95. The smallest absolute Gasteiger partial charge is 0.341 e. The van der Waals surface area contributed by atoms with Crippen molar-refractivity contribution >= 4 is 17.7 Å². The number of amides is 1. The fourth-order valence-electron chi connectivity index (χ4n) is 2.97. The molecule has 1 aliphatic heterocycles. The Morgan fingerprint density at radius 3 is 2.63 bits per heavy atom. The quantitative estimate of drug-likeness (QED) is 0.413. The third kappa shape index (κ3) is 7.47. The Morgan fingerprint density at radius 1 is 1.23 bits per heavy atom. The average Bonchev–Trinajstić information content (AvgIpc) is 2.75. The first-order valence-corrected chi connectivity index (χ1v) is 9.75. The number of rotatable bonds is 11. The second-order valence-electron chi connectivity index (χ2n) is 6.95. The number of nitrogens with one attached hydrogen (secondary N) is 1. The lowest BCUT2D eigenvalue weighted by atomic mass is 9.98. The molecule has 164 valence electrons. The summed E-state index contributed by atoms with van der Waals surface area (Å²) >= 11 is 0. The van der Waals surface area contributed by atoms with Gasteiger partial charge >= 0.3 is 5.97 Å². The number of alkyl halides is 1. The van der Waals surface area contributed by atoms with E-state index >= 15 is 0 Å². The van der Waals surface area contributed by atoms with Crippen molar-refractivity contribution in [1.82, 2.24) is 10.2 Å². The number of benzene rings is 1. The number of ketones is 1. The first-order valence-electron chi connectivity index (χ1n) is 9.75. The molecule has 9 heteroatoms. The van der Waals surface area contributed by atoms with Crippen molar-refractivity contribution < 1.29 is 33.4 Å². The minimum absolute atomic E-state index is 0.0690. The minimum atomic E-state index is -1.18. The maximum Gasteiger partial charge on any atom is 0.341 e. The molecule has 2 N–H and O–H groups in total. The third-order valence-corrected chi connectivity index (χ3v) is 4.60. The van der Waals surface area contributed by atoms with Crippen molar-refractivity contribution in [3.05, 3.63) is 35.9 Å². The van der Waals surface area contributed by atoms with Gasteiger partial charge in [0.15, 0.2) is 23.9 Å². The molecule has 30 heavy (non-hydrogen) atoms. The van der Waals surface area contributed by atoms with Crippen LogP contribution in [0.3, 0.4) is 0 Å². The van der Waals surface area contributed by atoms with Gasteiger partial charge in [-0.1, -0.05) is 6.08 Å². The van der Waals surface area contributed by atoms with E-state index in [9.17, 15) is 18.8 Å². The monoisotopic (exact) mass is 422 g/mol. The largest absolute Gasteiger partial charge is 0.487 e. The number of likely N-dealkylation sites (N-methyl/N-ethyl adjacent to an activating group) is 1. The number of aliphatic carboxylic acids is 1. The zero-order chi connectivity index (χ0) is 21.9. The molecule has 0 spiro atoms. The molecule has 8 nitrogen and oxygen atoms in total. The van der Waals surface area contributed by atoms with Crippen molar-refractivity contribution in [1.29, 1.82) is 0 Å². The standard InChI is InChI=1S/C21H27FN2O6/c1-24(20(26)5-2-15-6-9-23-10-7-15)13-17(25)16-3-4-18(30-14-21(27)28)19(12-16)29-11-8-22/h2-5,12,15,23H,6-11,13-14H2,1H3,(H,27,28)/b5-2+. The Balaban J connectivity index is 2.00. The molecule has 1 aromatic rings. The Bertz CT molecular complexity index is 777. The summed E-state index contributed by atoms with van der Waals surface area (Å²) in [4.78, 5) is 36.9. The number of hydrogen-bond acceptors (Lipinski definition) is 6. The summed E-state index contributed by atoms with van der Waals surface area (Å²) in [5, 5.41) is 12.0. The zero-order valence-corrected chi connectivity index (χ0v) is 16.9. The van der Waals surface area contributed by atoms with Crippen LogP contribution in [-0.4, -0.2) is 74.2 Å². The number of carbonyl (C=O) groups excluding carboxylic acids is 2. The summed E-state index contributed by atoms with van der Waals surface area (Å²) in [7, 11) is 1.54. The van der Waals surface area contributed by atoms with Crippen molar-refractivity contribution in [2.75, 3.05) is 46.6 Å². The lowest BCUT2D eigenvalue weighted by Crippen LogP contribution is -2.31. The lowest BCUT2D eigenvalue weighted by Gasteiger charge is -2.20. The number of carbonyl (C=O) groups is 3. The van der Waals surface area contributed by atoms with Gasteiger partial charge in [0, 0.05) is 12.6 Å². The van der Waals surface area contributed by atoms with E-state index in [1.54, 1.807) is 0 Å². The summed E-state index contributed by atoms with van der Waals surface area (Å²) in [6.07, 6.45) is 5.35. The molecular weight excluding hydrogens is 395 g/mol. The van der Waals surface area contributed by atoms with Crippen LogP contribution in [-0.2, 0) is 9.59 Å². The maximum absolute atomic E-state index is 12.6. The van der Waals surface area contributed by atoms with Crippen LogP contribution in [0.4, 0.5) is 4.39 Å². The van der Waals surface area contributed by atoms with Crippen molar-refractivity contribution in [3.8, 4) is 11.5 Å². The highest BCUT2D eigenvalue weighted by Crippen LogP contribution is 2.29. The number of piperidine rings is 1. The van der Waals surface area contributed by atoms with E-state index in [2.05, 4.69) is 5.32 Å². The topological polar surface area (TPSA) is 105 Å². The Hall–Kier alpha value is -2.94. The van der Waals surface area contributed by atoms with Crippen LogP contribution < -0.4 is 14.8 Å². The first-order chi connectivity index (χ1) is 14.4. The van der Waals surface area contributed by atoms with Crippen LogP contribution in [0.15, 0.2) is 30.4 Å². The first kappa shape index (κ1) is 23.3. The Kier molecular flexibility index (Phi) is 9.27. The molecule has 0 radical (unpaired) electrons. The van der Waals surface area contributed by atoms with Gasteiger partial charge in [-0.15, -0.1) is 0 Å². The SMILES string of the molecule is CN(CC(=O)c1ccc(OCC(=O)O)c(OCCF)c1)C(=O)/C=C/C1CCNCC1. The molecule has 2 rings (SSSR count). The molecule has 0 aromatic heterocycles. The number of carboxylic acid groups (broad SMARTS) is 1. The number of allylic oxidation sites excluding steroid dienone is 1. The number of carboxylic acids is 1. The lowest BCUT2D eigenvalue weighted by molar-refractivity contribution is -0.139. The van der Waals surface area contributed by atoms with Gasteiger partial charge < -0.3 is 24.8 Å². The average molecular weight is 422 g/mol. The number of ether oxygens (including phenoxy) is 2. The van der Waals surface area contributed by atoms with Crippen LogP contribution in [0.2, 0.25) is 0 Å². The van der Waals surface area contributed by atoms with E-state index in [1.165, 1.54) is 36.2 Å². The molecule has 1 aliphatic rings. The van der Waals surface area contributed by atoms with E-state index in [-0.39, 0.29) is 41.9 Å². The van der Waals surface area contributed by atoms with Gasteiger partial charge in [-0.3, -0.25) is 9.59 Å². The van der Waals surface area contributed by atoms with Crippen molar-refractivity contribution in [3.63, 3.8) is 0 Å². The van der Waals surface area contributed by atoms with Gasteiger partial charge in [0.25, 0.3) is 0 Å². The maximum atomic E-state index is 12.6. The van der Waals surface area contributed by atoms with E-state index in [0.29, 0.717) is 5.92 Å². The van der Waals surface area contributed by atoms with Crippen LogP contribution in [0, 0.1) is 5.92 Å². The summed E-state index contributed by atoms with van der Waals surface area (Å²) in [5.74, 6) is -1.26. The normalized spacial score (nSPS) is 14.5. The highest BCUT2D eigenvalue weighted by molar-refractivity contribution is 6.01. The molecule has 1 saturated heterocycles. The number of nitrogens with zero attached hydrogens (tertiary/aromatic N) is 1. The molecule has 0 unspecified atom stereocenters. The van der Waals surface area contributed by atoms with Crippen LogP contribution in [0.5, 0.6) is 11.5 Å². The second kappa shape index (κ2) is 11.9. The number of hydrogen-bond donors (Lipinski definition) is 2.